The Bertz CT molecular complexity index is 160. The molecule has 0 aromatic carbocycles. The molecule has 1 aliphatic rings. The molecule has 2 unspecified atom stereocenters. The highest BCUT2D eigenvalue weighted by molar-refractivity contribution is 5.00. The minimum Gasteiger partial charge on any atom is -0.495 e. The van der Waals surface area contributed by atoms with Crippen molar-refractivity contribution >= 4 is 0 Å². The molecule has 0 saturated carbocycles. The predicted octanol–water partition coefficient (Wildman–Crippen LogP) is 3.51. The Balaban J connectivity index is 2.40. The van der Waals surface area contributed by atoms with Crippen LogP contribution in [0.4, 0.5) is 0 Å². The summed E-state index contributed by atoms with van der Waals surface area (Å²) in [6.45, 7) is 6.65. The maximum atomic E-state index is 5.72. The molecule has 1 aliphatic heterocycles. The Morgan fingerprint density at radius 2 is 2.25 bits per heavy atom. The topological polar surface area (TPSA) is 9.23 Å². The van der Waals surface area contributed by atoms with Crippen molar-refractivity contribution in [1.82, 2.24) is 0 Å². The van der Waals surface area contributed by atoms with Gasteiger partial charge in [-0.2, -0.15) is 0 Å². The van der Waals surface area contributed by atoms with Crippen molar-refractivity contribution in [1.29, 1.82) is 0 Å². The molecular weight excluding hydrogens is 148 g/mol. The van der Waals surface area contributed by atoms with E-state index in [4.69, 9.17) is 4.74 Å². The Hall–Kier alpha value is -0.460. The molecule has 2 atom stereocenters. The van der Waals surface area contributed by atoms with E-state index < -0.39 is 0 Å². The van der Waals surface area contributed by atoms with E-state index >= 15 is 0 Å². The van der Waals surface area contributed by atoms with E-state index in [9.17, 15) is 0 Å². The van der Waals surface area contributed by atoms with Crippen LogP contribution < -0.4 is 0 Å². The fraction of sp³-hybridized carbons (Fsp3) is 0.818. The Morgan fingerprint density at radius 1 is 1.50 bits per heavy atom. The van der Waals surface area contributed by atoms with Crippen LogP contribution in [0.2, 0.25) is 0 Å². The van der Waals surface area contributed by atoms with Gasteiger partial charge in [0.05, 0.1) is 11.9 Å². The summed E-state index contributed by atoms with van der Waals surface area (Å²) >= 11 is 0. The van der Waals surface area contributed by atoms with Crippen LogP contribution in [0.15, 0.2) is 11.8 Å². The second-order valence-corrected chi connectivity index (χ2v) is 3.88. The van der Waals surface area contributed by atoms with Crippen molar-refractivity contribution in [3.8, 4) is 0 Å². The van der Waals surface area contributed by atoms with Crippen LogP contribution >= 0.6 is 0 Å². The summed E-state index contributed by atoms with van der Waals surface area (Å²) < 4.78 is 5.72. The summed E-state index contributed by atoms with van der Waals surface area (Å²) in [4.78, 5) is 0. The van der Waals surface area contributed by atoms with Crippen LogP contribution in [0.3, 0.4) is 0 Å². The molecule has 1 rings (SSSR count). The fourth-order valence-electron chi connectivity index (χ4n) is 1.75. The second kappa shape index (κ2) is 4.54. The van der Waals surface area contributed by atoms with Gasteiger partial charge in [0.1, 0.15) is 0 Å². The first-order valence-electron chi connectivity index (χ1n) is 5.09. The third-order valence-electron chi connectivity index (χ3n) is 2.30. The highest BCUT2D eigenvalue weighted by Crippen LogP contribution is 2.24. The summed E-state index contributed by atoms with van der Waals surface area (Å²) in [5, 5.41) is 0. The number of hydrogen-bond acceptors (Lipinski definition) is 1. The SMILES string of the molecule is CCCCC1=CC(C)CC(C)O1. The number of rotatable bonds is 3. The molecule has 1 heteroatoms. The summed E-state index contributed by atoms with van der Waals surface area (Å²) in [5.41, 5.74) is 0. The van der Waals surface area contributed by atoms with Crippen molar-refractivity contribution in [3.63, 3.8) is 0 Å². The quantitative estimate of drug-likeness (QED) is 0.626. The van der Waals surface area contributed by atoms with E-state index in [1.807, 2.05) is 0 Å². The average Bonchev–Trinajstić information content (AvgIpc) is 1.99. The molecular formula is C11H20O. The first-order chi connectivity index (χ1) is 5.72. The van der Waals surface area contributed by atoms with Gasteiger partial charge >= 0.3 is 0 Å². The van der Waals surface area contributed by atoms with E-state index in [0.29, 0.717) is 12.0 Å². The smallest absolute Gasteiger partial charge is 0.0959 e. The molecule has 0 bridgehead atoms. The van der Waals surface area contributed by atoms with Gasteiger partial charge < -0.3 is 4.74 Å². The molecule has 70 valence electrons. The lowest BCUT2D eigenvalue weighted by Crippen LogP contribution is -2.17. The molecule has 0 radical (unpaired) electrons. The Labute approximate surface area is 75.8 Å². The minimum atomic E-state index is 0.428. The summed E-state index contributed by atoms with van der Waals surface area (Å²) in [6, 6.07) is 0. The molecule has 0 aliphatic carbocycles. The van der Waals surface area contributed by atoms with Crippen LogP contribution in [0.5, 0.6) is 0 Å². The monoisotopic (exact) mass is 168 g/mol. The standard InChI is InChI=1S/C11H20O/c1-4-5-6-11-8-9(2)7-10(3)12-11/h8-10H,4-7H2,1-3H3. The average molecular weight is 168 g/mol. The van der Waals surface area contributed by atoms with Gasteiger partial charge in [0, 0.05) is 6.42 Å². The van der Waals surface area contributed by atoms with Gasteiger partial charge in [-0.05, 0) is 31.8 Å². The van der Waals surface area contributed by atoms with Crippen molar-refractivity contribution in [2.24, 2.45) is 5.92 Å². The molecule has 12 heavy (non-hydrogen) atoms. The molecule has 0 amide bonds. The fourth-order valence-corrected chi connectivity index (χ4v) is 1.75. The van der Waals surface area contributed by atoms with E-state index in [1.54, 1.807) is 0 Å². The molecule has 1 heterocycles. The zero-order valence-electron chi connectivity index (χ0n) is 8.47. The number of hydrogen-bond donors (Lipinski definition) is 0. The maximum absolute atomic E-state index is 5.72. The first kappa shape index (κ1) is 9.63. The van der Waals surface area contributed by atoms with Crippen LogP contribution in [-0.4, -0.2) is 6.10 Å². The largest absolute Gasteiger partial charge is 0.495 e. The maximum Gasteiger partial charge on any atom is 0.0959 e. The molecule has 0 spiro atoms. The van der Waals surface area contributed by atoms with Crippen molar-refractivity contribution in [3.05, 3.63) is 11.8 Å². The molecule has 0 aromatic rings. The van der Waals surface area contributed by atoms with Crippen molar-refractivity contribution in [2.45, 2.75) is 52.6 Å². The van der Waals surface area contributed by atoms with Gasteiger partial charge in [0.2, 0.25) is 0 Å². The van der Waals surface area contributed by atoms with Crippen LogP contribution in [0.1, 0.15) is 46.5 Å². The highest BCUT2D eigenvalue weighted by Gasteiger charge is 2.16. The lowest BCUT2D eigenvalue weighted by atomic mass is 9.99. The van der Waals surface area contributed by atoms with Gasteiger partial charge in [0.15, 0.2) is 0 Å². The number of ether oxygens (including phenoxy) is 1. The van der Waals surface area contributed by atoms with Crippen LogP contribution in [0, 0.1) is 5.92 Å². The van der Waals surface area contributed by atoms with Crippen molar-refractivity contribution in [2.75, 3.05) is 0 Å². The normalized spacial score (nSPS) is 29.4. The minimum absolute atomic E-state index is 0.428. The van der Waals surface area contributed by atoms with Gasteiger partial charge in [-0.25, -0.2) is 0 Å². The lowest BCUT2D eigenvalue weighted by Gasteiger charge is -2.25. The van der Waals surface area contributed by atoms with Gasteiger partial charge in [-0.15, -0.1) is 0 Å². The molecule has 0 N–H and O–H groups in total. The third-order valence-corrected chi connectivity index (χ3v) is 2.30. The Morgan fingerprint density at radius 3 is 2.83 bits per heavy atom. The Kier molecular flexibility index (Phi) is 3.64. The van der Waals surface area contributed by atoms with Gasteiger partial charge in [-0.1, -0.05) is 20.3 Å². The molecule has 1 nitrogen and oxygen atoms in total. The van der Waals surface area contributed by atoms with Crippen LogP contribution in [0.25, 0.3) is 0 Å². The zero-order valence-corrected chi connectivity index (χ0v) is 8.47. The summed E-state index contributed by atoms with van der Waals surface area (Å²) in [7, 11) is 0. The van der Waals surface area contributed by atoms with Gasteiger partial charge in [-0.3, -0.25) is 0 Å². The first-order valence-corrected chi connectivity index (χ1v) is 5.09. The van der Waals surface area contributed by atoms with Gasteiger partial charge in [0.25, 0.3) is 0 Å². The third kappa shape index (κ3) is 2.88. The van der Waals surface area contributed by atoms with E-state index in [0.717, 1.165) is 6.42 Å². The van der Waals surface area contributed by atoms with E-state index in [-0.39, 0.29) is 0 Å². The molecule has 0 fully saturated rings. The predicted molar refractivity (Wildman–Crippen MR) is 51.9 cm³/mol. The molecule has 0 saturated heterocycles. The van der Waals surface area contributed by atoms with Crippen LogP contribution in [-0.2, 0) is 4.74 Å². The van der Waals surface area contributed by atoms with E-state index in [2.05, 4.69) is 26.8 Å². The number of allylic oxidation sites excluding steroid dienone is 2. The molecule has 0 aromatic heterocycles. The zero-order chi connectivity index (χ0) is 8.97. The summed E-state index contributed by atoms with van der Waals surface area (Å²) in [6.07, 6.45) is 7.53. The highest BCUT2D eigenvalue weighted by atomic mass is 16.5. The second-order valence-electron chi connectivity index (χ2n) is 3.88. The van der Waals surface area contributed by atoms with Crippen molar-refractivity contribution < 1.29 is 4.74 Å². The van der Waals surface area contributed by atoms with E-state index in [1.165, 1.54) is 25.0 Å². The lowest BCUT2D eigenvalue weighted by molar-refractivity contribution is 0.0891. The summed E-state index contributed by atoms with van der Waals surface area (Å²) in [5.74, 6) is 1.93. The number of unbranched alkanes of at least 4 members (excludes halogenated alkanes) is 1.